The van der Waals surface area contributed by atoms with Crippen molar-refractivity contribution in [3.05, 3.63) is 35.9 Å². The summed E-state index contributed by atoms with van der Waals surface area (Å²) in [5.41, 5.74) is 9.48. The van der Waals surface area contributed by atoms with Crippen LogP contribution < -0.4 is 32.7 Å². The van der Waals surface area contributed by atoms with Gasteiger partial charge in [0, 0.05) is 12.2 Å². The Hall–Kier alpha value is -2.53. The molecule has 2 rings (SSSR count). The molecule has 0 bridgehead atoms. The van der Waals surface area contributed by atoms with Crippen LogP contribution in [0.15, 0.2) is 30.3 Å². The molecule has 10 nitrogen and oxygen atoms in total. The van der Waals surface area contributed by atoms with E-state index in [1.807, 2.05) is 19.9 Å². The fourth-order valence-corrected chi connectivity index (χ4v) is 4.67. The highest BCUT2D eigenvalue weighted by Crippen LogP contribution is 2.30. The lowest BCUT2D eigenvalue weighted by Crippen LogP contribution is -2.65. The van der Waals surface area contributed by atoms with Gasteiger partial charge in [0.25, 0.3) is 5.91 Å². The van der Waals surface area contributed by atoms with E-state index in [0.717, 1.165) is 12.8 Å². The third-order valence-corrected chi connectivity index (χ3v) is 7.09. The fourth-order valence-electron chi connectivity index (χ4n) is 4.67. The molecule has 1 aromatic carbocycles. The van der Waals surface area contributed by atoms with Gasteiger partial charge in [-0.25, -0.2) is 0 Å². The number of carbonyl (C=O) groups excluding carboxylic acids is 3. The first-order valence-corrected chi connectivity index (χ1v) is 12.6. The van der Waals surface area contributed by atoms with Gasteiger partial charge >= 0.3 is 0 Å². The molecule has 196 valence electrons. The highest BCUT2D eigenvalue weighted by atomic mass is 16.3. The zero-order chi connectivity index (χ0) is 25.9. The zero-order valence-corrected chi connectivity index (χ0v) is 20.9. The van der Waals surface area contributed by atoms with E-state index in [0.29, 0.717) is 57.3 Å². The van der Waals surface area contributed by atoms with Crippen LogP contribution in [0.1, 0.15) is 75.6 Å². The van der Waals surface area contributed by atoms with Crippen molar-refractivity contribution in [1.29, 1.82) is 0 Å². The van der Waals surface area contributed by atoms with Crippen LogP contribution in [0.5, 0.6) is 0 Å². The second kappa shape index (κ2) is 13.5. The molecule has 3 amide bonds. The third kappa shape index (κ3) is 7.47. The van der Waals surface area contributed by atoms with Gasteiger partial charge in [0.05, 0.1) is 11.6 Å². The molecule has 1 aromatic rings. The van der Waals surface area contributed by atoms with Crippen LogP contribution in [-0.4, -0.2) is 59.4 Å². The number of aliphatic hydroxyl groups is 1. The Morgan fingerprint density at radius 1 is 1.11 bits per heavy atom. The molecule has 1 aliphatic carbocycles. The molecule has 0 saturated heterocycles. The highest BCUT2D eigenvalue weighted by molar-refractivity contribution is 5.99. The van der Waals surface area contributed by atoms with Gasteiger partial charge in [0.1, 0.15) is 11.8 Å². The van der Waals surface area contributed by atoms with Gasteiger partial charge in [-0.15, -0.1) is 0 Å². The fraction of sp³-hybridized carbons (Fsp3) is 0.640. The third-order valence-electron chi connectivity index (χ3n) is 7.09. The standard InChI is InChI=1S/C25H42N6O4/c1-3-24(4-2,30-20(32)18-11-6-5-7-12-18)23(35)29-19(13-10-16-28-17-26)21(33)31-25(22(27)34)14-8-9-15-25/h5-7,11-12,19,21,28,31,33H,3-4,8-10,13-17,26H2,1-2H3,(H2,27,34)(H,29,35)(H,30,32). The number of rotatable bonds is 15. The lowest BCUT2D eigenvalue weighted by molar-refractivity contribution is -0.130. The second-order valence-electron chi connectivity index (χ2n) is 9.28. The molecule has 2 unspecified atom stereocenters. The van der Waals surface area contributed by atoms with Gasteiger partial charge in [-0.3, -0.25) is 19.7 Å². The van der Waals surface area contributed by atoms with Gasteiger partial charge in [-0.05, 0) is 57.2 Å². The maximum absolute atomic E-state index is 13.6. The molecule has 10 heteroatoms. The molecule has 0 spiro atoms. The predicted octanol–water partition coefficient (Wildman–Crippen LogP) is 0.452. The molecule has 35 heavy (non-hydrogen) atoms. The van der Waals surface area contributed by atoms with E-state index in [1.165, 1.54) is 0 Å². The Balaban J connectivity index is 2.20. The lowest BCUT2D eigenvalue weighted by Gasteiger charge is -2.37. The summed E-state index contributed by atoms with van der Waals surface area (Å²) in [6, 6.07) is 8.02. The second-order valence-corrected chi connectivity index (χ2v) is 9.28. The Morgan fingerprint density at radius 2 is 1.74 bits per heavy atom. The monoisotopic (exact) mass is 490 g/mol. The van der Waals surface area contributed by atoms with Gasteiger partial charge < -0.3 is 32.5 Å². The van der Waals surface area contributed by atoms with Crippen LogP contribution in [0, 0.1) is 0 Å². The largest absolute Gasteiger partial charge is 0.376 e. The molecule has 9 N–H and O–H groups in total. The lowest BCUT2D eigenvalue weighted by atomic mass is 9.90. The SMILES string of the molecule is CCC(CC)(NC(=O)c1ccccc1)C(=O)NC(CCCNCN)C(O)NC1(C(N)=O)CCCC1. The Labute approximate surface area is 208 Å². The molecule has 0 radical (unpaired) electrons. The number of hydrogen-bond donors (Lipinski definition) is 7. The minimum atomic E-state index is -1.20. The van der Waals surface area contributed by atoms with Crippen molar-refractivity contribution in [1.82, 2.24) is 21.3 Å². The number of benzene rings is 1. The molecule has 0 aliphatic heterocycles. The van der Waals surface area contributed by atoms with Crippen LogP contribution in [0.25, 0.3) is 0 Å². The zero-order valence-electron chi connectivity index (χ0n) is 20.9. The quantitative estimate of drug-likeness (QED) is 0.138. The van der Waals surface area contributed by atoms with Crippen molar-refractivity contribution < 1.29 is 19.5 Å². The topological polar surface area (TPSA) is 172 Å². The minimum absolute atomic E-state index is 0.322. The van der Waals surface area contributed by atoms with Gasteiger partial charge in [-0.2, -0.15) is 0 Å². The summed E-state index contributed by atoms with van der Waals surface area (Å²) >= 11 is 0. The van der Waals surface area contributed by atoms with E-state index in [9.17, 15) is 19.5 Å². The van der Waals surface area contributed by atoms with Gasteiger partial charge in [0.2, 0.25) is 11.8 Å². The summed E-state index contributed by atoms with van der Waals surface area (Å²) in [5.74, 6) is -1.23. The highest BCUT2D eigenvalue weighted by Gasteiger charge is 2.43. The molecule has 0 heterocycles. The first kappa shape index (κ1) is 28.7. The number of hydrogen-bond acceptors (Lipinski definition) is 7. The minimum Gasteiger partial charge on any atom is -0.376 e. The first-order valence-electron chi connectivity index (χ1n) is 12.6. The number of amides is 3. The van der Waals surface area contributed by atoms with Crippen LogP contribution in [0.2, 0.25) is 0 Å². The van der Waals surface area contributed by atoms with E-state index in [4.69, 9.17) is 11.5 Å². The average Bonchev–Trinajstić information content (AvgIpc) is 3.34. The molecular formula is C25H42N6O4. The van der Waals surface area contributed by atoms with E-state index in [1.54, 1.807) is 24.3 Å². The summed E-state index contributed by atoms with van der Waals surface area (Å²) in [4.78, 5) is 38.6. The number of nitrogens with one attached hydrogen (secondary N) is 4. The van der Waals surface area contributed by atoms with Crippen LogP contribution in [-0.2, 0) is 9.59 Å². The van der Waals surface area contributed by atoms with Crippen LogP contribution in [0.4, 0.5) is 0 Å². The van der Waals surface area contributed by atoms with Gasteiger partial charge in [0.15, 0.2) is 0 Å². The van der Waals surface area contributed by atoms with Crippen molar-refractivity contribution in [3.63, 3.8) is 0 Å². The summed E-state index contributed by atoms with van der Waals surface area (Å²) in [6.07, 6.45) is 3.34. The molecular weight excluding hydrogens is 448 g/mol. The van der Waals surface area contributed by atoms with Crippen molar-refractivity contribution >= 4 is 17.7 Å². The van der Waals surface area contributed by atoms with Crippen molar-refractivity contribution in [2.24, 2.45) is 11.5 Å². The number of nitrogens with two attached hydrogens (primary N) is 2. The normalized spacial score (nSPS) is 16.9. The van der Waals surface area contributed by atoms with E-state index in [2.05, 4.69) is 21.3 Å². The first-order chi connectivity index (χ1) is 16.7. The average molecular weight is 491 g/mol. The Morgan fingerprint density at radius 3 is 2.29 bits per heavy atom. The van der Waals surface area contributed by atoms with Gasteiger partial charge in [-0.1, -0.05) is 44.9 Å². The summed E-state index contributed by atoms with van der Waals surface area (Å²) in [5, 5.41) is 23.0. The van der Waals surface area contributed by atoms with Crippen molar-refractivity contribution in [2.45, 2.75) is 88.6 Å². The maximum Gasteiger partial charge on any atom is 0.252 e. The molecule has 1 aliphatic rings. The number of primary amides is 1. The molecule has 0 aromatic heterocycles. The maximum atomic E-state index is 13.6. The smallest absolute Gasteiger partial charge is 0.252 e. The number of aliphatic hydroxyl groups excluding tert-OH is 1. The Bertz CT molecular complexity index is 825. The predicted molar refractivity (Wildman–Crippen MR) is 135 cm³/mol. The van der Waals surface area contributed by atoms with Crippen molar-refractivity contribution in [3.8, 4) is 0 Å². The van der Waals surface area contributed by atoms with E-state index in [-0.39, 0.29) is 11.8 Å². The summed E-state index contributed by atoms with van der Waals surface area (Å²) in [7, 11) is 0. The molecule has 2 atom stereocenters. The Kier molecular flexibility index (Phi) is 11.1. The summed E-state index contributed by atoms with van der Waals surface area (Å²) in [6.45, 7) is 4.60. The van der Waals surface area contributed by atoms with Crippen LogP contribution in [0.3, 0.4) is 0 Å². The van der Waals surface area contributed by atoms with E-state index < -0.39 is 29.3 Å². The number of carbonyl (C=O) groups is 3. The summed E-state index contributed by atoms with van der Waals surface area (Å²) < 4.78 is 0. The van der Waals surface area contributed by atoms with Crippen molar-refractivity contribution in [2.75, 3.05) is 13.2 Å². The van der Waals surface area contributed by atoms with E-state index >= 15 is 0 Å². The molecule has 1 saturated carbocycles. The van der Waals surface area contributed by atoms with Crippen LogP contribution >= 0.6 is 0 Å². The molecule has 1 fully saturated rings.